The molecular weight excluding hydrogens is 316 g/mol. The van der Waals surface area contributed by atoms with Crippen LogP contribution in [0.1, 0.15) is 41.0 Å². The van der Waals surface area contributed by atoms with E-state index in [1.54, 1.807) is 0 Å². The highest BCUT2D eigenvalue weighted by Gasteiger charge is 2.45. The van der Waals surface area contributed by atoms with Gasteiger partial charge in [-0.2, -0.15) is 0 Å². The van der Waals surface area contributed by atoms with Gasteiger partial charge in [0, 0.05) is 6.42 Å². The Morgan fingerprint density at radius 3 is 2.26 bits per heavy atom. The van der Waals surface area contributed by atoms with E-state index in [1.807, 2.05) is 13.8 Å². The molecule has 0 amide bonds. The molecule has 0 aliphatic carbocycles. The first-order chi connectivity index (χ1) is 10.3. The molecule has 2 atom stereocenters. The summed E-state index contributed by atoms with van der Waals surface area (Å²) < 4.78 is 22.3. The second-order valence-electron chi connectivity index (χ2n) is 7.90. The molecule has 1 saturated heterocycles. The van der Waals surface area contributed by atoms with Crippen LogP contribution in [-0.4, -0.2) is 51.8 Å². The summed E-state index contributed by atoms with van der Waals surface area (Å²) in [7, 11) is -0.937. The lowest BCUT2D eigenvalue weighted by atomic mass is 10.1. The van der Waals surface area contributed by atoms with Gasteiger partial charge in [0.25, 0.3) is 0 Å². The number of methoxy groups -OCH3 is 1. The van der Waals surface area contributed by atoms with E-state index in [1.165, 1.54) is 7.11 Å². The highest BCUT2D eigenvalue weighted by atomic mass is 28.4. The Labute approximate surface area is 139 Å². The lowest BCUT2D eigenvalue weighted by Gasteiger charge is -2.40. The first kappa shape index (κ1) is 20.3. The molecule has 7 heteroatoms. The van der Waals surface area contributed by atoms with Crippen molar-refractivity contribution in [3.05, 3.63) is 0 Å². The van der Waals surface area contributed by atoms with E-state index in [2.05, 4.69) is 38.6 Å². The Kier molecular flexibility index (Phi) is 6.18. The highest BCUT2D eigenvalue weighted by molar-refractivity contribution is 6.74. The third kappa shape index (κ3) is 5.38. The van der Waals surface area contributed by atoms with E-state index in [-0.39, 0.29) is 17.6 Å². The average molecular weight is 346 g/mol. The molecule has 0 saturated carbocycles. The predicted octanol–water partition coefficient (Wildman–Crippen LogP) is 2.66. The van der Waals surface area contributed by atoms with Gasteiger partial charge in [0.1, 0.15) is 6.10 Å². The molecule has 23 heavy (non-hydrogen) atoms. The topological polar surface area (TPSA) is 71.1 Å². The molecule has 0 aromatic carbocycles. The van der Waals surface area contributed by atoms with Crippen molar-refractivity contribution in [2.24, 2.45) is 0 Å². The molecule has 0 radical (unpaired) electrons. The monoisotopic (exact) mass is 346 g/mol. The Morgan fingerprint density at radius 1 is 1.30 bits per heavy atom. The molecule has 1 aliphatic rings. The fourth-order valence-corrected chi connectivity index (χ4v) is 3.43. The number of ketones is 1. The third-order valence-electron chi connectivity index (χ3n) is 4.50. The molecule has 1 aliphatic heterocycles. The molecule has 0 bridgehead atoms. The maximum absolute atomic E-state index is 12.0. The average Bonchev–Trinajstić information content (AvgIpc) is 2.75. The van der Waals surface area contributed by atoms with Gasteiger partial charge in [-0.3, -0.25) is 4.79 Å². The lowest BCUT2D eigenvalue weighted by Crippen LogP contribution is -2.49. The van der Waals surface area contributed by atoms with Crippen LogP contribution in [0.2, 0.25) is 18.1 Å². The van der Waals surface area contributed by atoms with Crippen molar-refractivity contribution < 1.29 is 28.2 Å². The van der Waals surface area contributed by atoms with Crippen LogP contribution >= 0.6 is 0 Å². The molecule has 1 rings (SSSR count). The number of esters is 1. The fourth-order valence-electron chi connectivity index (χ4n) is 2.08. The third-order valence-corrected chi connectivity index (χ3v) is 9.00. The SMILES string of the molecule is COC(=O)C(=O)C[C@H](O[Si](C)(C)C(C)(C)C)[C@H]1COC(C)(C)O1. The lowest BCUT2D eigenvalue weighted by molar-refractivity contribution is -0.157. The number of hydrogen-bond donors (Lipinski definition) is 0. The molecule has 134 valence electrons. The van der Waals surface area contributed by atoms with Gasteiger partial charge in [-0.1, -0.05) is 20.8 Å². The molecule has 0 aromatic rings. The van der Waals surface area contributed by atoms with E-state index in [9.17, 15) is 9.59 Å². The summed E-state index contributed by atoms with van der Waals surface area (Å²) in [5, 5.41) is -0.0193. The summed E-state index contributed by atoms with van der Waals surface area (Å²) in [5.74, 6) is -2.18. The van der Waals surface area contributed by atoms with Crippen LogP contribution in [0.3, 0.4) is 0 Å². The van der Waals surface area contributed by atoms with E-state index in [0.717, 1.165) is 0 Å². The maximum atomic E-state index is 12.0. The minimum atomic E-state index is -2.13. The van der Waals surface area contributed by atoms with Crippen molar-refractivity contribution in [3.8, 4) is 0 Å². The second kappa shape index (κ2) is 7.00. The summed E-state index contributed by atoms with van der Waals surface area (Å²) in [6.07, 6.45) is -0.972. The molecule has 0 unspecified atom stereocenters. The number of hydrogen-bond acceptors (Lipinski definition) is 6. The van der Waals surface area contributed by atoms with Crippen molar-refractivity contribution in [1.29, 1.82) is 0 Å². The van der Waals surface area contributed by atoms with Gasteiger partial charge < -0.3 is 18.6 Å². The van der Waals surface area contributed by atoms with Crippen LogP contribution in [-0.2, 0) is 28.2 Å². The van der Waals surface area contributed by atoms with Crippen LogP contribution in [0.15, 0.2) is 0 Å². The smallest absolute Gasteiger partial charge is 0.374 e. The zero-order valence-electron chi connectivity index (χ0n) is 15.5. The van der Waals surface area contributed by atoms with Crippen molar-refractivity contribution in [1.82, 2.24) is 0 Å². The quantitative estimate of drug-likeness (QED) is 0.418. The Morgan fingerprint density at radius 2 is 1.87 bits per heavy atom. The van der Waals surface area contributed by atoms with Crippen LogP contribution in [0.25, 0.3) is 0 Å². The van der Waals surface area contributed by atoms with E-state index in [0.29, 0.717) is 6.61 Å². The zero-order valence-corrected chi connectivity index (χ0v) is 16.5. The molecule has 0 aromatic heterocycles. The normalized spacial score (nSPS) is 22.7. The van der Waals surface area contributed by atoms with Crippen molar-refractivity contribution in [2.75, 3.05) is 13.7 Å². The van der Waals surface area contributed by atoms with Gasteiger partial charge in [0.15, 0.2) is 14.1 Å². The maximum Gasteiger partial charge on any atom is 0.374 e. The van der Waals surface area contributed by atoms with Gasteiger partial charge in [-0.15, -0.1) is 0 Å². The molecule has 0 N–H and O–H groups in total. The molecule has 1 fully saturated rings. The summed E-state index contributed by atoms with van der Waals surface area (Å²) >= 11 is 0. The predicted molar refractivity (Wildman–Crippen MR) is 88.6 cm³/mol. The van der Waals surface area contributed by atoms with Crippen LogP contribution in [0.5, 0.6) is 0 Å². The van der Waals surface area contributed by atoms with Gasteiger partial charge >= 0.3 is 5.97 Å². The number of carbonyl (C=O) groups is 2. The zero-order chi connectivity index (χ0) is 18.1. The Balaban J connectivity index is 2.93. The standard InChI is InChI=1S/C16H30O6Si/c1-15(2,3)23(7,8)22-12(9-11(17)14(18)19-6)13-10-20-16(4,5)21-13/h12-13H,9-10H2,1-8H3/t12-,13+/m0/s1. The summed E-state index contributed by atoms with van der Waals surface area (Å²) in [4.78, 5) is 23.5. The van der Waals surface area contributed by atoms with Gasteiger partial charge in [-0.25, -0.2) is 4.79 Å². The van der Waals surface area contributed by atoms with Gasteiger partial charge in [-0.05, 0) is 32.0 Å². The van der Waals surface area contributed by atoms with Crippen molar-refractivity contribution >= 4 is 20.1 Å². The Hall–Kier alpha value is -0.763. The molecule has 1 heterocycles. The Bertz CT molecular complexity index is 452. The molecule has 0 spiro atoms. The summed E-state index contributed by atoms with van der Waals surface area (Å²) in [6.45, 7) is 14.5. The first-order valence-electron chi connectivity index (χ1n) is 7.90. The van der Waals surface area contributed by atoms with Gasteiger partial charge in [0.05, 0.1) is 19.8 Å². The number of carbonyl (C=O) groups excluding carboxylic acids is 2. The van der Waals surface area contributed by atoms with E-state index >= 15 is 0 Å². The largest absolute Gasteiger partial charge is 0.463 e. The van der Waals surface area contributed by atoms with Crippen molar-refractivity contribution in [3.63, 3.8) is 0 Å². The summed E-state index contributed by atoms with van der Waals surface area (Å²) in [5.41, 5.74) is 0. The molecule has 6 nitrogen and oxygen atoms in total. The number of rotatable bonds is 6. The fraction of sp³-hybridized carbons (Fsp3) is 0.875. The number of Topliss-reactive ketones (excluding diaryl/α,β-unsaturated/α-hetero) is 1. The molecular formula is C16H30O6Si. The highest BCUT2D eigenvalue weighted by Crippen LogP contribution is 2.39. The minimum absolute atomic E-state index is 0.0193. The van der Waals surface area contributed by atoms with Crippen LogP contribution in [0.4, 0.5) is 0 Å². The van der Waals surface area contributed by atoms with Gasteiger partial charge in [0.2, 0.25) is 5.78 Å². The van der Waals surface area contributed by atoms with E-state index in [4.69, 9.17) is 13.9 Å². The van der Waals surface area contributed by atoms with Crippen molar-refractivity contribution in [2.45, 2.75) is 77.2 Å². The second-order valence-corrected chi connectivity index (χ2v) is 12.7. The minimum Gasteiger partial charge on any atom is -0.463 e. The number of ether oxygens (including phenoxy) is 3. The van der Waals surface area contributed by atoms with Crippen LogP contribution < -0.4 is 0 Å². The van der Waals surface area contributed by atoms with Crippen LogP contribution in [0, 0.1) is 0 Å². The first-order valence-corrected chi connectivity index (χ1v) is 10.8. The summed E-state index contributed by atoms with van der Waals surface area (Å²) in [6, 6.07) is 0. The van der Waals surface area contributed by atoms with E-state index < -0.39 is 32.0 Å².